The fourth-order valence-electron chi connectivity index (χ4n) is 2.81. The molecule has 3 nitrogen and oxygen atoms in total. The molecule has 1 unspecified atom stereocenters. The van der Waals surface area contributed by atoms with E-state index in [1.807, 2.05) is 61.5 Å². The molecule has 0 aliphatic carbocycles. The molecule has 27 heavy (non-hydrogen) atoms. The SMILES string of the molecule is Cc1ccc(C(NS(=O)(=O)Cc2c(F)cccc2Cl)c2ccccc2)cc1. The second-order valence-electron chi connectivity index (χ2n) is 6.33. The van der Waals surface area contributed by atoms with Gasteiger partial charge in [-0.15, -0.1) is 0 Å². The largest absolute Gasteiger partial charge is 0.216 e. The summed E-state index contributed by atoms with van der Waals surface area (Å²) < 4.78 is 42.3. The second kappa shape index (κ2) is 8.21. The summed E-state index contributed by atoms with van der Waals surface area (Å²) >= 11 is 5.99. The van der Waals surface area contributed by atoms with Crippen LogP contribution in [0, 0.1) is 12.7 Å². The highest BCUT2D eigenvalue weighted by atomic mass is 35.5. The zero-order valence-electron chi connectivity index (χ0n) is 14.7. The van der Waals surface area contributed by atoms with Gasteiger partial charge in [0.2, 0.25) is 10.0 Å². The van der Waals surface area contributed by atoms with Gasteiger partial charge in [-0.3, -0.25) is 0 Å². The Bertz CT molecular complexity index is 1000. The number of hydrogen-bond donors (Lipinski definition) is 1. The Kier molecular flexibility index (Phi) is 5.95. The molecule has 0 bridgehead atoms. The molecule has 0 aromatic heterocycles. The molecule has 0 amide bonds. The average molecular weight is 404 g/mol. The molecule has 0 heterocycles. The van der Waals surface area contributed by atoms with Gasteiger partial charge in [0, 0.05) is 10.6 Å². The van der Waals surface area contributed by atoms with Crippen molar-refractivity contribution in [3.8, 4) is 0 Å². The highest BCUT2D eigenvalue weighted by Gasteiger charge is 2.23. The van der Waals surface area contributed by atoms with Gasteiger partial charge < -0.3 is 0 Å². The number of rotatable bonds is 6. The van der Waals surface area contributed by atoms with Crippen LogP contribution in [0.4, 0.5) is 4.39 Å². The van der Waals surface area contributed by atoms with Crippen molar-refractivity contribution >= 4 is 21.6 Å². The Labute approximate surface area is 163 Å². The average Bonchev–Trinajstić information content (AvgIpc) is 2.65. The number of sulfonamides is 1. The quantitative estimate of drug-likeness (QED) is 0.629. The molecule has 6 heteroatoms. The van der Waals surface area contributed by atoms with Gasteiger partial charge in [-0.2, -0.15) is 0 Å². The van der Waals surface area contributed by atoms with E-state index in [1.165, 1.54) is 18.2 Å². The fourth-order valence-corrected chi connectivity index (χ4v) is 4.51. The predicted molar refractivity (Wildman–Crippen MR) is 107 cm³/mol. The smallest absolute Gasteiger partial charge is 0.212 e. The van der Waals surface area contributed by atoms with Crippen molar-refractivity contribution in [3.63, 3.8) is 0 Å². The highest BCUT2D eigenvalue weighted by Crippen LogP contribution is 2.26. The van der Waals surface area contributed by atoms with Gasteiger partial charge in [-0.05, 0) is 30.2 Å². The van der Waals surface area contributed by atoms with Gasteiger partial charge in [-0.25, -0.2) is 17.5 Å². The lowest BCUT2D eigenvalue weighted by Crippen LogP contribution is -2.30. The van der Waals surface area contributed by atoms with E-state index in [0.717, 1.165) is 16.7 Å². The zero-order valence-corrected chi connectivity index (χ0v) is 16.3. The standard InChI is InChI=1S/C21H19ClFNO2S/c1-15-10-12-17(13-11-15)21(16-6-3-2-4-7-16)24-27(25,26)14-18-19(22)8-5-9-20(18)23/h2-13,21,24H,14H2,1H3. The summed E-state index contributed by atoms with van der Waals surface area (Å²) in [6.07, 6.45) is 0. The summed E-state index contributed by atoms with van der Waals surface area (Å²) in [5.74, 6) is -1.17. The van der Waals surface area contributed by atoms with Gasteiger partial charge >= 0.3 is 0 Å². The molecule has 0 radical (unpaired) electrons. The molecule has 0 spiro atoms. The second-order valence-corrected chi connectivity index (χ2v) is 8.49. The molecule has 0 saturated carbocycles. The summed E-state index contributed by atoms with van der Waals surface area (Å²) in [7, 11) is -3.86. The minimum absolute atomic E-state index is 0.0395. The van der Waals surface area contributed by atoms with Crippen molar-refractivity contribution in [2.45, 2.75) is 18.7 Å². The van der Waals surface area contributed by atoms with Crippen molar-refractivity contribution in [3.05, 3.63) is 106 Å². The molecule has 0 fully saturated rings. The van der Waals surface area contributed by atoms with Crippen LogP contribution in [0.1, 0.15) is 28.3 Å². The van der Waals surface area contributed by atoms with E-state index in [2.05, 4.69) is 4.72 Å². The fraction of sp³-hybridized carbons (Fsp3) is 0.143. The molecule has 0 aliphatic rings. The first-order chi connectivity index (χ1) is 12.9. The lowest BCUT2D eigenvalue weighted by molar-refractivity contribution is 0.566. The monoisotopic (exact) mass is 403 g/mol. The van der Waals surface area contributed by atoms with E-state index in [1.54, 1.807) is 0 Å². The van der Waals surface area contributed by atoms with Crippen molar-refractivity contribution in [1.29, 1.82) is 0 Å². The molecule has 3 aromatic rings. The van der Waals surface area contributed by atoms with Crippen LogP contribution in [-0.4, -0.2) is 8.42 Å². The van der Waals surface area contributed by atoms with Crippen LogP contribution in [0.25, 0.3) is 0 Å². The van der Waals surface area contributed by atoms with E-state index < -0.39 is 27.6 Å². The van der Waals surface area contributed by atoms with Gasteiger partial charge in [0.25, 0.3) is 0 Å². The normalized spacial score (nSPS) is 12.7. The zero-order chi connectivity index (χ0) is 19.4. The summed E-state index contributed by atoms with van der Waals surface area (Å²) in [6.45, 7) is 1.96. The number of hydrogen-bond acceptors (Lipinski definition) is 2. The number of benzene rings is 3. The summed E-state index contributed by atoms with van der Waals surface area (Å²) in [6, 6.07) is 20.4. The minimum Gasteiger partial charge on any atom is -0.212 e. The maximum Gasteiger partial charge on any atom is 0.216 e. The topological polar surface area (TPSA) is 46.2 Å². The van der Waals surface area contributed by atoms with Crippen molar-refractivity contribution in [2.24, 2.45) is 0 Å². The highest BCUT2D eigenvalue weighted by molar-refractivity contribution is 7.88. The predicted octanol–water partition coefficient (Wildman–Crippen LogP) is 5.00. The van der Waals surface area contributed by atoms with Gasteiger partial charge in [0.15, 0.2) is 0 Å². The van der Waals surface area contributed by atoms with Crippen LogP contribution >= 0.6 is 11.6 Å². The molecule has 1 atom stereocenters. The first-order valence-corrected chi connectivity index (χ1v) is 10.4. The van der Waals surface area contributed by atoms with Crippen LogP contribution in [0.3, 0.4) is 0 Å². The molecule has 3 rings (SSSR count). The molecule has 140 valence electrons. The molecule has 3 aromatic carbocycles. The molecular formula is C21H19ClFNO2S. The van der Waals surface area contributed by atoms with Crippen LogP contribution < -0.4 is 4.72 Å². The molecule has 0 aliphatic heterocycles. The third-order valence-electron chi connectivity index (χ3n) is 4.24. The third-order valence-corrected chi connectivity index (χ3v) is 5.85. The molecular weight excluding hydrogens is 385 g/mol. The van der Waals surface area contributed by atoms with Crippen molar-refractivity contribution < 1.29 is 12.8 Å². The lowest BCUT2D eigenvalue weighted by atomic mass is 9.99. The van der Waals surface area contributed by atoms with Crippen LogP contribution in [0.2, 0.25) is 5.02 Å². The number of nitrogens with one attached hydrogen (secondary N) is 1. The van der Waals surface area contributed by atoms with Crippen molar-refractivity contribution in [2.75, 3.05) is 0 Å². The van der Waals surface area contributed by atoms with E-state index >= 15 is 0 Å². The van der Waals surface area contributed by atoms with Crippen LogP contribution in [0.5, 0.6) is 0 Å². The Morgan fingerprint density at radius 1 is 0.926 bits per heavy atom. The molecule has 0 saturated heterocycles. The number of aryl methyl sites for hydroxylation is 1. The summed E-state index contributed by atoms with van der Waals surface area (Å²) in [5, 5.41) is 0.0898. The molecule has 1 N–H and O–H groups in total. The Morgan fingerprint density at radius 3 is 2.19 bits per heavy atom. The number of halogens is 2. The first kappa shape index (κ1) is 19.5. The summed E-state index contributed by atoms with van der Waals surface area (Å²) in [5.41, 5.74) is 2.63. The van der Waals surface area contributed by atoms with Gasteiger partial charge in [-0.1, -0.05) is 77.8 Å². The summed E-state index contributed by atoms with van der Waals surface area (Å²) in [4.78, 5) is 0. The lowest BCUT2D eigenvalue weighted by Gasteiger charge is -2.20. The van der Waals surface area contributed by atoms with E-state index in [9.17, 15) is 12.8 Å². The maximum atomic E-state index is 14.0. The maximum absolute atomic E-state index is 14.0. The third kappa shape index (κ3) is 4.95. The van der Waals surface area contributed by atoms with Crippen molar-refractivity contribution in [1.82, 2.24) is 4.72 Å². The minimum atomic E-state index is -3.86. The van der Waals surface area contributed by atoms with E-state index in [0.29, 0.717) is 0 Å². The Morgan fingerprint density at radius 2 is 1.56 bits per heavy atom. The van der Waals surface area contributed by atoms with E-state index in [-0.39, 0.29) is 10.6 Å². The Balaban J connectivity index is 1.95. The van der Waals surface area contributed by atoms with Crippen LogP contribution in [-0.2, 0) is 15.8 Å². The van der Waals surface area contributed by atoms with E-state index in [4.69, 9.17) is 11.6 Å². The van der Waals surface area contributed by atoms with Crippen LogP contribution in [0.15, 0.2) is 72.8 Å². The van der Waals surface area contributed by atoms with Gasteiger partial charge in [0.1, 0.15) is 5.82 Å². The Hall–Kier alpha value is -2.21. The first-order valence-electron chi connectivity index (χ1n) is 8.40. The van der Waals surface area contributed by atoms with Gasteiger partial charge in [0.05, 0.1) is 11.8 Å².